The molecule has 8 heteroatoms. The van der Waals surface area contributed by atoms with Crippen LogP contribution in [0.4, 0.5) is 8.78 Å². The van der Waals surface area contributed by atoms with Crippen molar-refractivity contribution >= 4 is 17.2 Å². The van der Waals surface area contributed by atoms with E-state index in [0.717, 1.165) is 43.1 Å². The lowest BCUT2D eigenvalue weighted by Gasteiger charge is -2.42. The minimum atomic E-state index is -0.880. The molecule has 3 heterocycles. The third-order valence-electron chi connectivity index (χ3n) is 6.30. The summed E-state index contributed by atoms with van der Waals surface area (Å²) < 4.78 is 34.1. The topological polar surface area (TPSA) is 42.7 Å². The predicted octanol–water partition coefficient (Wildman–Crippen LogP) is 4.34. The van der Waals surface area contributed by atoms with Gasteiger partial charge in [-0.2, -0.15) is 5.10 Å². The Labute approximate surface area is 172 Å². The maximum Gasteiger partial charge on any atom is 0.162 e. The van der Waals surface area contributed by atoms with Crippen molar-refractivity contribution in [1.29, 1.82) is 0 Å². The molecular weight excluding hydrogens is 398 g/mol. The van der Waals surface area contributed by atoms with Crippen molar-refractivity contribution < 1.29 is 13.5 Å². The molecule has 0 amide bonds. The number of rotatable bonds is 5. The Hall–Kier alpha value is -2.25. The average molecular weight is 419 g/mol. The fraction of sp³-hybridized carbons (Fsp3) is 0.429. The van der Waals surface area contributed by atoms with Crippen LogP contribution in [0.2, 0.25) is 5.15 Å². The Morgan fingerprint density at radius 3 is 2.79 bits per heavy atom. The molecule has 5 nitrogen and oxygen atoms in total. The van der Waals surface area contributed by atoms with E-state index in [-0.39, 0.29) is 5.41 Å². The Morgan fingerprint density at radius 2 is 2.03 bits per heavy atom. The summed E-state index contributed by atoms with van der Waals surface area (Å²) in [6.45, 7) is 3.14. The second kappa shape index (κ2) is 7.22. The van der Waals surface area contributed by atoms with Crippen molar-refractivity contribution in [1.82, 2.24) is 19.5 Å². The third kappa shape index (κ3) is 3.57. The van der Waals surface area contributed by atoms with Crippen LogP contribution in [-0.4, -0.2) is 39.2 Å². The third-order valence-corrected chi connectivity index (χ3v) is 6.50. The van der Waals surface area contributed by atoms with Gasteiger partial charge in [0.2, 0.25) is 0 Å². The molecule has 0 N–H and O–H groups in total. The molecule has 1 atom stereocenters. The lowest BCUT2D eigenvalue weighted by molar-refractivity contribution is 0.0606. The van der Waals surface area contributed by atoms with E-state index in [0.29, 0.717) is 23.4 Å². The van der Waals surface area contributed by atoms with Gasteiger partial charge in [-0.05, 0) is 42.5 Å². The van der Waals surface area contributed by atoms with Crippen molar-refractivity contribution in [3.8, 4) is 5.75 Å². The number of likely N-dealkylation sites (tertiary alicyclic amines) is 1. The first-order valence-corrected chi connectivity index (χ1v) is 10.2. The Bertz CT molecular complexity index is 1050. The van der Waals surface area contributed by atoms with Gasteiger partial charge in [0.05, 0.1) is 18.5 Å². The summed E-state index contributed by atoms with van der Waals surface area (Å²) in [5.74, 6) is -1.01. The SMILES string of the molecule is Fc1ccc(OCC2CN(Cc3cn4nc(Cl)ccc4n3)CC23CCC3)cc1F. The monoisotopic (exact) mass is 418 g/mol. The molecule has 1 spiro atoms. The molecule has 1 unspecified atom stereocenters. The second-order valence-electron chi connectivity index (χ2n) is 8.16. The van der Waals surface area contributed by atoms with E-state index in [9.17, 15) is 8.78 Å². The second-order valence-corrected chi connectivity index (χ2v) is 8.55. The van der Waals surface area contributed by atoms with Crippen LogP contribution in [0.5, 0.6) is 5.75 Å². The normalized spacial score (nSPS) is 21.0. The van der Waals surface area contributed by atoms with Gasteiger partial charge in [-0.3, -0.25) is 4.90 Å². The molecule has 1 aromatic carbocycles. The molecule has 2 aromatic heterocycles. The van der Waals surface area contributed by atoms with Crippen LogP contribution < -0.4 is 4.74 Å². The molecule has 2 aliphatic rings. The van der Waals surface area contributed by atoms with Gasteiger partial charge >= 0.3 is 0 Å². The highest BCUT2D eigenvalue weighted by Gasteiger charge is 2.50. The first-order valence-electron chi connectivity index (χ1n) is 9.82. The van der Waals surface area contributed by atoms with Gasteiger partial charge in [-0.25, -0.2) is 18.3 Å². The van der Waals surface area contributed by atoms with Crippen LogP contribution >= 0.6 is 11.6 Å². The lowest BCUT2D eigenvalue weighted by Crippen LogP contribution is -2.39. The largest absolute Gasteiger partial charge is 0.493 e. The quantitative estimate of drug-likeness (QED) is 0.618. The van der Waals surface area contributed by atoms with Crippen LogP contribution in [0, 0.1) is 23.0 Å². The van der Waals surface area contributed by atoms with E-state index < -0.39 is 11.6 Å². The number of ether oxygens (including phenoxy) is 1. The summed E-state index contributed by atoms with van der Waals surface area (Å²) in [6, 6.07) is 7.29. The number of fused-ring (bicyclic) bond motifs is 1. The van der Waals surface area contributed by atoms with Crippen LogP contribution in [0.15, 0.2) is 36.5 Å². The molecule has 0 radical (unpaired) electrons. The lowest BCUT2D eigenvalue weighted by atomic mass is 9.63. The zero-order valence-electron chi connectivity index (χ0n) is 15.8. The van der Waals surface area contributed by atoms with Crippen molar-refractivity contribution in [2.75, 3.05) is 19.7 Å². The highest BCUT2D eigenvalue weighted by atomic mass is 35.5. The maximum atomic E-state index is 13.4. The summed E-state index contributed by atoms with van der Waals surface area (Å²) in [7, 11) is 0. The zero-order valence-corrected chi connectivity index (χ0v) is 16.6. The van der Waals surface area contributed by atoms with Crippen molar-refractivity contribution in [3.63, 3.8) is 0 Å². The van der Waals surface area contributed by atoms with E-state index in [1.807, 2.05) is 12.3 Å². The van der Waals surface area contributed by atoms with Gasteiger partial charge in [0, 0.05) is 31.6 Å². The van der Waals surface area contributed by atoms with Crippen LogP contribution in [0.3, 0.4) is 0 Å². The van der Waals surface area contributed by atoms with Gasteiger partial charge in [-0.1, -0.05) is 18.0 Å². The van der Waals surface area contributed by atoms with Gasteiger partial charge in [0.1, 0.15) is 10.9 Å². The molecule has 1 saturated heterocycles. The van der Waals surface area contributed by atoms with E-state index >= 15 is 0 Å². The van der Waals surface area contributed by atoms with Crippen LogP contribution in [0.1, 0.15) is 25.0 Å². The fourth-order valence-electron chi connectivity index (χ4n) is 4.67. The molecule has 1 aliphatic heterocycles. The number of halogens is 3. The summed E-state index contributed by atoms with van der Waals surface area (Å²) in [6.07, 6.45) is 5.50. The van der Waals surface area contributed by atoms with E-state index in [4.69, 9.17) is 16.3 Å². The number of benzene rings is 1. The number of nitrogens with zero attached hydrogens (tertiary/aromatic N) is 4. The van der Waals surface area contributed by atoms with Crippen LogP contribution in [-0.2, 0) is 6.54 Å². The molecule has 0 bridgehead atoms. The molecule has 29 heavy (non-hydrogen) atoms. The number of hydrogen-bond acceptors (Lipinski definition) is 4. The highest BCUT2D eigenvalue weighted by molar-refractivity contribution is 6.29. The summed E-state index contributed by atoms with van der Waals surface area (Å²) in [5, 5.41) is 4.68. The minimum absolute atomic E-state index is 0.249. The minimum Gasteiger partial charge on any atom is -0.493 e. The summed E-state index contributed by atoms with van der Waals surface area (Å²) >= 11 is 5.96. The average Bonchev–Trinajstić information content (AvgIpc) is 3.23. The fourth-order valence-corrected chi connectivity index (χ4v) is 4.81. The standard InChI is InChI=1S/C21H21ClF2N4O/c22-19-4-5-20-25-15(11-28(20)26-19)10-27-9-14(21(13-27)6-1-7-21)12-29-16-2-3-17(23)18(24)8-16/h2-5,8,11,14H,1,6-7,9-10,12-13H2. The summed E-state index contributed by atoms with van der Waals surface area (Å²) in [4.78, 5) is 7.04. The maximum absolute atomic E-state index is 13.4. The van der Waals surface area contributed by atoms with Crippen molar-refractivity contribution in [2.24, 2.45) is 11.3 Å². The Kier molecular flexibility index (Phi) is 4.67. The smallest absolute Gasteiger partial charge is 0.162 e. The summed E-state index contributed by atoms with van der Waals surface area (Å²) in [5.41, 5.74) is 1.98. The zero-order chi connectivity index (χ0) is 20.0. The molecule has 5 rings (SSSR count). The van der Waals surface area contributed by atoms with E-state index in [1.165, 1.54) is 25.3 Å². The molecule has 3 aromatic rings. The van der Waals surface area contributed by atoms with Crippen LogP contribution in [0.25, 0.3) is 5.65 Å². The van der Waals surface area contributed by atoms with E-state index in [2.05, 4.69) is 15.0 Å². The van der Waals surface area contributed by atoms with Crippen molar-refractivity contribution in [2.45, 2.75) is 25.8 Å². The Balaban J connectivity index is 1.27. The molecule has 1 saturated carbocycles. The van der Waals surface area contributed by atoms with E-state index in [1.54, 1.807) is 10.6 Å². The molecular formula is C21H21ClF2N4O. The number of aromatic nitrogens is 3. The van der Waals surface area contributed by atoms with Gasteiger partial charge in [0.25, 0.3) is 0 Å². The molecule has 152 valence electrons. The predicted molar refractivity (Wildman–Crippen MR) is 105 cm³/mol. The molecule has 1 aliphatic carbocycles. The van der Waals surface area contributed by atoms with Gasteiger partial charge < -0.3 is 4.74 Å². The highest BCUT2D eigenvalue weighted by Crippen LogP contribution is 2.52. The number of imidazole rings is 1. The van der Waals surface area contributed by atoms with Crippen molar-refractivity contribution in [3.05, 3.63) is 59.0 Å². The Morgan fingerprint density at radius 1 is 1.17 bits per heavy atom. The molecule has 2 fully saturated rings. The first-order chi connectivity index (χ1) is 14.0. The first kappa shape index (κ1) is 18.8. The van der Waals surface area contributed by atoms with Gasteiger partial charge in [0.15, 0.2) is 17.3 Å². The van der Waals surface area contributed by atoms with Gasteiger partial charge in [-0.15, -0.1) is 0 Å². The number of hydrogen-bond donors (Lipinski definition) is 0.